The number of ether oxygens (including phenoxy) is 1. The first-order chi connectivity index (χ1) is 7.94. The normalized spacial score (nSPS) is 11.6. The Balaban J connectivity index is 2.57. The van der Waals surface area contributed by atoms with Gasteiger partial charge < -0.3 is 10.1 Å². The highest BCUT2D eigenvalue weighted by molar-refractivity contribution is 6.34. The van der Waals surface area contributed by atoms with Crippen LogP contribution in [0.25, 0.3) is 0 Å². The van der Waals surface area contributed by atoms with Crippen molar-refractivity contribution in [3.63, 3.8) is 0 Å². The highest BCUT2D eigenvalue weighted by atomic mass is 35.5. The lowest BCUT2D eigenvalue weighted by Gasteiger charge is -2.25. The summed E-state index contributed by atoms with van der Waals surface area (Å²) in [6.45, 7) is 8.84. The lowest BCUT2D eigenvalue weighted by atomic mass is 9.95. The molecule has 0 spiro atoms. The van der Waals surface area contributed by atoms with Crippen molar-refractivity contribution < 1.29 is 4.74 Å². The molecule has 2 nitrogen and oxygen atoms in total. The van der Waals surface area contributed by atoms with Crippen LogP contribution in [-0.4, -0.2) is 19.7 Å². The molecule has 0 bridgehead atoms. The monoisotopic (exact) mass is 275 g/mol. The average molecular weight is 276 g/mol. The summed E-state index contributed by atoms with van der Waals surface area (Å²) in [5.74, 6) is 0.642. The zero-order chi connectivity index (χ0) is 12.9. The lowest BCUT2D eigenvalue weighted by Crippen LogP contribution is -2.34. The number of hydrogen-bond acceptors (Lipinski definition) is 2. The first-order valence-corrected chi connectivity index (χ1v) is 6.49. The molecule has 96 valence electrons. The summed E-state index contributed by atoms with van der Waals surface area (Å²) in [4.78, 5) is 0. The van der Waals surface area contributed by atoms with Crippen molar-refractivity contribution in [3.05, 3.63) is 28.2 Å². The van der Waals surface area contributed by atoms with E-state index in [1.54, 1.807) is 18.2 Å². The molecule has 0 aliphatic rings. The van der Waals surface area contributed by atoms with Gasteiger partial charge in [0.1, 0.15) is 5.75 Å². The number of nitrogens with one attached hydrogen (secondary N) is 1. The van der Waals surface area contributed by atoms with Gasteiger partial charge in [-0.15, -0.1) is 0 Å². The quantitative estimate of drug-likeness (QED) is 0.847. The fraction of sp³-hybridized carbons (Fsp3) is 0.538. The fourth-order valence-electron chi connectivity index (χ4n) is 1.38. The van der Waals surface area contributed by atoms with Gasteiger partial charge in [-0.1, -0.05) is 44.0 Å². The summed E-state index contributed by atoms with van der Waals surface area (Å²) >= 11 is 11.9. The van der Waals surface area contributed by atoms with Crippen LogP contribution in [-0.2, 0) is 0 Å². The van der Waals surface area contributed by atoms with Crippen LogP contribution >= 0.6 is 23.2 Å². The smallest absolute Gasteiger partial charge is 0.139 e. The van der Waals surface area contributed by atoms with Crippen molar-refractivity contribution in [1.82, 2.24) is 5.32 Å². The molecule has 1 aromatic rings. The number of rotatable bonds is 6. The third kappa shape index (κ3) is 5.15. The molecule has 0 fully saturated rings. The van der Waals surface area contributed by atoms with Crippen molar-refractivity contribution in [3.8, 4) is 5.75 Å². The van der Waals surface area contributed by atoms with Gasteiger partial charge in [0.25, 0.3) is 0 Å². The van der Waals surface area contributed by atoms with E-state index in [2.05, 4.69) is 26.1 Å². The molecule has 1 rings (SSSR count). The molecule has 0 saturated heterocycles. The second-order valence-corrected chi connectivity index (χ2v) is 5.65. The molecule has 0 unspecified atom stereocenters. The van der Waals surface area contributed by atoms with Crippen molar-refractivity contribution in [1.29, 1.82) is 0 Å². The van der Waals surface area contributed by atoms with Gasteiger partial charge in [0.2, 0.25) is 0 Å². The van der Waals surface area contributed by atoms with Gasteiger partial charge >= 0.3 is 0 Å². The summed E-state index contributed by atoms with van der Waals surface area (Å²) in [6.07, 6.45) is 0. The average Bonchev–Trinajstić information content (AvgIpc) is 2.28. The molecule has 1 aromatic carbocycles. The minimum Gasteiger partial charge on any atom is -0.491 e. The molecule has 0 radical (unpaired) electrons. The highest BCUT2D eigenvalue weighted by Gasteiger charge is 2.18. The predicted molar refractivity (Wildman–Crippen MR) is 74.3 cm³/mol. The SMILES string of the molecule is CCNCC(C)(C)COc1cc(Cl)ccc1Cl. The van der Waals surface area contributed by atoms with Crippen LogP contribution in [0.15, 0.2) is 18.2 Å². The van der Waals surface area contributed by atoms with E-state index in [0.29, 0.717) is 22.4 Å². The second kappa shape index (κ2) is 6.48. The van der Waals surface area contributed by atoms with E-state index in [0.717, 1.165) is 13.1 Å². The molecule has 0 atom stereocenters. The van der Waals surface area contributed by atoms with E-state index >= 15 is 0 Å². The summed E-state index contributed by atoms with van der Waals surface area (Å²) in [5, 5.41) is 4.54. The van der Waals surface area contributed by atoms with E-state index in [1.807, 2.05) is 0 Å². The Morgan fingerprint density at radius 2 is 2.00 bits per heavy atom. The summed E-state index contributed by atoms with van der Waals surface area (Å²) < 4.78 is 5.72. The Kier molecular flexibility index (Phi) is 5.57. The minimum absolute atomic E-state index is 0.0572. The zero-order valence-corrected chi connectivity index (χ0v) is 12.0. The van der Waals surface area contributed by atoms with Crippen molar-refractivity contribution in [2.24, 2.45) is 5.41 Å². The Morgan fingerprint density at radius 1 is 1.29 bits per heavy atom. The first-order valence-electron chi connectivity index (χ1n) is 5.73. The van der Waals surface area contributed by atoms with Crippen molar-refractivity contribution in [2.45, 2.75) is 20.8 Å². The third-order valence-electron chi connectivity index (χ3n) is 2.37. The molecular formula is C13H19Cl2NO. The van der Waals surface area contributed by atoms with E-state index in [4.69, 9.17) is 27.9 Å². The van der Waals surface area contributed by atoms with Gasteiger partial charge in [-0.05, 0) is 18.7 Å². The maximum absolute atomic E-state index is 6.03. The van der Waals surface area contributed by atoms with Crippen molar-refractivity contribution in [2.75, 3.05) is 19.7 Å². The van der Waals surface area contributed by atoms with Crippen molar-refractivity contribution >= 4 is 23.2 Å². The molecule has 17 heavy (non-hydrogen) atoms. The Labute approximate surface area is 113 Å². The van der Waals surface area contributed by atoms with E-state index in [1.165, 1.54) is 0 Å². The number of benzene rings is 1. The number of halogens is 2. The summed E-state index contributed by atoms with van der Waals surface area (Å²) in [6, 6.07) is 5.24. The molecule has 0 aliphatic carbocycles. The van der Waals surface area contributed by atoms with Crippen LogP contribution in [0.5, 0.6) is 5.75 Å². The van der Waals surface area contributed by atoms with E-state index < -0.39 is 0 Å². The van der Waals surface area contributed by atoms with Gasteiger partial charge in [0, 0.05) is 23.0 Å². The van der Waals surface area contributed by atoms with Crippen LogP contribution in [0.4, 0.5) is 0 Å². The molecule has 0 aliphatic heterocycles. The Hall–Kier alpha value is -0.440. The molecule has 0 amide bonds. The van der Waals surface area contributed by atoms with E-state index in [9.17, 15) is 0 Å². The van der Waals surface area contributed by atoms with Crippen LogP contribution in [0.3, 0.4) is 0 Å². The molecule has 0 saturated carbocycles. The minimum atomic E-state index is 0.0572. The largest absolute Gasteiger partial charge is 0.491 e. The Morgan fingerprint density at radius 3 is 2.65 bits per heavy atom. The van der Waals surface area contributed by atoms with Crippen LogP contribution in [0, 0.1) is 5.41 Å². The van der Waals surface area contributed by atoms with Crippen LogP contribution in [0.1, 0.15) is 20.8 Å². The molecule has 4 heteroatoms. The summed E-state index contributed by atoms with van der Waals surface area (Å²) in [7, 11) is 0. The van der Waals surface area contributed by atoms with Gasteiger partial charge in [-0.2, -0.15) is 0 Å². The standard InChI is InChI=1S/C13H19Cl2NO/c1-4-16-8-13(2,3)9-17-12-7-10(14)5-6-11(12)15/h5-7,16H,4,8-9H2,1-3H3. The Bertz CT molecular complexity index is 366. The second-order valence-electron chi connectivity index (χ2n) is 4.81. The molecule has 1 N–H and O–H groups in total. The lowest BCUT2D eigenvalue weighted by molar-refractivity contribution is 0.177. The van der Waals surface area contributed by atoms with E-state index in [-0.39, 0.29) is 5.41 Å². The van der Waals surface area contributed by atoms with Gasteiger partial charge in [-0.25, -0.2) is 0 Å². The van der Waals surface area contributed by atoms with Gasteiger partial charge in [0.15, 0.2) is 0 Å². The summed E-state index contributed by atoms with van der Waals surface area (Å²) in [5.41, 5.74) is 0.0572. The number of hydrogen-bond donors (Lipinski definition) is 1. The maximum atomic E-state index is 6.03. The van der Waals surface area contributed by atoms with Gasteiger partial charge in [-0.3, -0.25) is 0 Å². The first kappa shape index (κ1) is 14.6. The fourth-order valence-corrected chi connectivity index (χ4v) is 1.71. The topological polar surface area (TPSA) is 21.3 Å². The third-order valence-corrected chi connectivity index (χ3v) is 2.91. The van der Waals surface area contributed by atoms with Crippen LogP contribution < -0.4 is 10.1 Å². The molecule has 0 heterocycles. The highest BCUT2D eigenvalue weighted by Crippen LogP contribution is 2.29. The zero-order valence-electron chi connectivity index (χ0n) is 10.5. The van der Waals surface area contributed by atoms with Crippen LogP contribution in [0.2, 0.25) is 10.0 Å². The van der Waals surface area contributed by atoms with Gasteiger partial charge in [0.05, 0.1) is 11.6 Å². The maximum Gasteiger partial charge on any atom is 0.139 e. The molecular weight excluding hydrogens is 257 g/mol. The molecule has 0 aromatic heterocycles. The predicted octanol–water partition coefficient (Wildman–Crippen LogP) is 4.01.